The highest BCUT2D eigenvalue weighted by Crippen LogP contribution is 2.11. The fourth-order valence-electron chi connectivity index (χ4n) is 1.11. The molecule has 12 heavy (non-hydrogen) atoms. The fourth-order valence-corrected chi connectivity index (χ4v) is 1.78. The van der Waals surface area contributed by atoms with E-state index in [-0.39, 0.29) is 5.78 Å². The largest absolute Gasteiger partial charge is 0.295 e. The molecule has 2 heteroatoms. The maximum Gasteiger partial charge on any atom is 0.152 e. The first-order valence-corrected chi connectivity index (χ1v) is 4.81. The number of hydrogen-bond acceptors (Lipinski definition) is 2. The lowest BCUT2D eigenvalue weighted by Crippen LogP contribution is -1.88. The van der Waals surface area contributed by atoms with Crippen molar-refractivity contribution >= 4 is 17.1 Å². The van der Waals surface area contributed by atoms with Gasteiger partial charge in [-0.15, -0.1) is 0 Å². The molecule has 1 rings (SSSR count). The summed E-state index contributed by atoms with van der Waals surface area (Å²) in [7, 11) is 0. The molecule has 0 unspecified atom stereocenters. The summed E-state index contributed by atoms with van der Waals surface area (Å²) in [6.07, 6.45) is 2.58. The second kappa shape index (κ2) is 4.21. The molecule has 0 saturated carbocycles. The first-order valence-electron chi connectivity index (χ1n) is 3.87. The Morgan fingerprint density at radius 2 is 2.33 bits per heavy atom. The second-order valence-corrected chi connectivity index (χ2v) is 3.69. The number of carbonyl (C=O) groups excluding carboxylic acids is 1. The lowest BCUT2D eigenvalue weighted by atomic mass is 10.1. The maximum atomic E-state index is 10.7. The van der Waals surface area contributed by atoms with Crippen LogP contribution in [0.1, 0.15) is 19.4 Å². The summed E-state index contributed by atoms with van der Waals surface area (Å²) in [6, 6.07) is 2.09. The predicted octanol–water partition coefficient (Wildman–Crippen LogP) is 2.83. The van der Waals surface area contributed by atoms with Crippen molar-refractivity contribution in [2.75, 3.05) is 0 Å². The molecule has 0 N–H and O–H groups in total. The van der Waals surface area contributed by atoms with Gasteiger partial charge in [-0.2, -0.15) is 11.3 Å². The van der Waals surface area contributed by atoms with Crippen molar-refractivity contribution in [3.05, 3.63) is 34.0 Å². The minimum atomic E-state index is 0.128. The van der Waals surface area contributed by atoms with Gasteiger partial charge in [0.25, 0.3) is 0 Å². The van der Waals surface area contributed by atoms with Crippen LogP contribution in [0.15, 0.2) is 28.5 Å². The van der Waals surface area contributed by atoms with Crippen LogP contribution in [-0.4, -0.2) is 5.78 Å². The van der Waals surface area contributed by atoms with Crippen molar-refractivity contribution in [3.63, 3.8) is 0 Å². The van der Waals surface area contributed by atoms with Gasteiger partial charge in [0, 0.05) is 0 Å². The zero-order valence-electron chi connectivity index (χ0n) is 7.33. The van der Waals surface area contributed by atoms with Gasteiger partial charge in [0.15, 0.2) is 5.78 Å². The molecule has 1 heterocycles. The molecule has 1 aromatic heterocycles. The van der Waals surface area contributed by atoms with Gasteiger partial charge in [0.05, 0.1) is 0 Å². The Balaban J connectivity index is 2.58. The molecular weight excluding hydrogens is 168 g/mol. The van der Waals surface area contributed by atoms with Crippen LogP contribution < -0.4 is 0 Å². The van der Waals surface area contributed by atoms with E-state index in [1.807, 2.05) is 6.92 Å². The van der Waals surface area contributed by atoms with Crippen LogP contribution in [0, 0.1) is 0 Å². The third-order valence-electron chi connectivity index (χ3n) is 1.51. The minimum Gasteiger partial charge on any atom is -0.295 e. The quantitative estimate of drug-likeness (QED) is 0.654. The number of rotatable bonds is 3. The van der Waals surface area contributed by atoms with E-state index in [1.165, 1.54) is 5.56 Å². The highest BCUT2D eigenvalue weighted by Gasteiger charge is 1.95. The minimum absolute atomic E-state index is 0.128. The lowest BCUT2D eigenvalue weighted by Gasteiger charge is -1.95. The molecule has 0 amide bonds. The maximum absolute atomic E-state index is 10.7. The van der Waals surface area contributed by atoms with Crippen LogP contribution in [-0.2, 0) is 11.2 Å². The van der Waals surface area contributed by atoms with Crippen LogP contribution in [0.25, 0.3) is 0 Å². The lowest BCUT2D eigenvalue weighted by molar-refractivity contribution is -0.112. The van der Waals surface area contributed by atoms with E-state index in [9.17, 15) is 4.79 Å². The Morgan fingerprint density at radius 1 is 1.58 bits per heavy atom. The Kier molecular flexibility index (Phi) is 3.23. The molecule has 1 aromatic rings. The summed E-state index contributed by atoms with van der Waals surface area (Å²) < 4.78 is 0. The van der Waals surface area contributed by atoms with Crippen LogP contribution in [0.4, 0.5) is 0 Å². The van der Waals surface area contributed by atoms with Gasteiger partial charge in [0.1, 0.15) is 0 Å². The smallest absolute Gasteiger partial charge is 0.152 e. The van der Waals surface area contributed by atoms with Crippen LogP contribution in [0.5, 0.6) is 0 Å². The normalized spacial score (nSPS) is 11.7. The molecule has 0 fully saturated rings. The molecule has 0 saturated heterocycles. The Bertz CT molecular complexity index is 283. The van der Waals surface area contributed by atoms with Gasteiger partial charge in [0.2, 0.25) is 0 Å². The molecule has 0 bridgehead atoms. The zero-order valence-corrected chi connectivity index (χ0v) is 8.15. The number of hydrogen-bond donors (Lipinski definition) is 0. The summed E-state index contributed by atoms with van der Waals surface area (Å²) in [6.45, 7) is 3.57. The highest BCUT2D eigenvalue weighted by molar-refractivity contribution is 7.07. The predicted molar refractivity (Wildman–Crippen MR) is 52.5 cm³/mol. The molecule has 0 aliphatic carbocycles. The number of thiophene rings is 1. The second-order valence-electron chi connectivity index (χ2n) is 2.91. The standard InChI is InChI=1S/C10H12OS/c1-8(5-9(2)11)6-10-3-4-12-7-10/h3-5,7H,6H2,1-2H3/b8-5+. The van der Waals surface area contributed by atoms with Gasteiger partial charge in [-0.25, -0.2) is 0 Å². The first-order chi connectivity index (χ1) is 5.68. The third kappa shape index (κ3) is 3.01. The third-order valence-corrected chi connectivity index (χ3v) is 2.24. The average Bonchev–Trinajstić information content (AvgIpc) is 2.37. The Labute approximate surface area is 76.7 Å². The molecule has 0 aliphatic rings. The Morgan fingerprint density at radius 3 is 2.83 bits per heavy atom. The zero-order chi connectivity index (χ0) is 8.97. The van der Waals surface area contributed by atoms with Crippen LogP contribution in [0.2, 0.25) is 0 Å². The summed E-state index contributed by atoms with van der Waals surface area (Å²) >= 11 is 1.69. The van der Waals surface area contributed by atoms with E-state index >= 15 is 0 Å². The fraction of sp³-hybridized carbons (Fsp3) is 0.300. The molecular formula is C10H12OS. The van der Waals surface area contributed by atoms with E-state index in [0.717, 1.165) is 12.0 Å². The van der Waals surface area contributed by atoms with Crippen molar-refractivity contribution in [3.8, 4) is 0 Å². The van der Waals surface area contributed by atoms with Crippen molar-refractivity contribution in [1.82, 2.24) is 0 Å². The molecule has 0 aromatic carbocycles. The molecule has 0 radical (unpaired) electrons. The van der Waals surface area contributed by atoms with Gasteiger partial charge in [-0.05, 0) is 48.7 Å². The summed E-state index contributed by atoms with van der Waals surface area (Å²) in [5, 5.41) is 4.16. The van der Waals surface area contributed by atoms with Crippen LogP contribution >= 0.6 is 11.3 Å². The van der Waals surface area contributed by atoms with Crippen LogP contribution in [0.3, 0.4) is 0 Å². The van der Waals surface area contributed by atoms with Gasteiger partial charge < -0.3 is 0 Å². The van der Waals surface area contributed by atoms with Crippen molar-refractivity contribution in [2.45, 2.75) is 20.3 Å². The molecule has 0 spiro atoms. The van der Waals surface area contributed by atoms with E-state index < -0.39 is 0 Å². The monoisotopic (exact) mass is 180 g/mol. The molecule has 64 valence electrons. The number of allylic oxidation sites excluding steroid dienone is 2. The molecule has 0 aliphatic heterocycles. The van der Waals surface area contributed by atoms with Gasteiger partial charge in [-0.3, -0.25) is 4.79 Å². The van der Waals surface area contributed by atoms with E-state index in [1.54, 1.807) is 24.3 Å². The summed E-state index contributed by atoms with van der Waals surface area (Å²) in [5.74, 6) is 0.128. The average molecular weight is 180 g/mol. The SMILES string of the molecule is CC(=O)/C=C(\C)Cc1ccsc1. The van der Waals surface area contributed by atoms with Gasteiger partial charge in [-0.1, -0.05) is 5.57 Å². The highest BCUT2D eigenvalue weighted by atomic mass is 32.1. The number of ketones is 1. The van der Waals surface area contributed by atoms with Crippen molar-refractivity contribution < 1.29 is 4.79 Å². The summed E-state index contributed by atoms with van der Waals surface area (Å²) in [4.78, 5) is 10.7. The summed E-state index contributed by atoms with van der Waals surface area (Å²) in [5.41, 5.74) is 2.41. The number of carbonyl (C=O) groups is 1. The van der Waals surface area contributed by atoms with E-state index in [2.05, 4.69) is 16.8 Å². The Hall–Kier alpha value is -0.890. The topological polar surface area (TPSA) is 17.1 Å². The first kappa shape index (κ1) is 9.20. The molecule has 1 nitrogen and oxygen atoms in total. The molecule has 0 atom stereocenters. The van der Waals surface area contributed by atoms with Gasteiger partial charge >= 0.3 is 0 Å². The van der Waals surface area contributed by atoms with Crippen molar-refractivity contribution in [2.24, 2.45) is 0 Å². The van der Waals surface area contributed by atoms with E-state index in [4.69, 9.17) is 0 Å². The van der Waals surface area contributed by atoms with E-state index in [0.29, 0.717) is 0 Å². The van der Waals surface area contributed by atoms with Crippen molar-refractivity contribution in [1.29, 1.82) is 0 Å².